The predicted octanol–water partition coefficient (Wildman–Crippen LogP) is 2.47. The average Bonchev–Trinajstić information content (AvgIpc) is 3.08. The Morgan fingerprint density at radius 2 is 1.96 bits per heavy atom. The molecule has 0 spiro atoms. The summed E-state index contributed by atoms with van der Waals surface area (Å²) >= 11 is 1.97. The van der Waals surface area contributed by atoms with Crippen molar-refractivity contribution in [1.29, 1.82) is 0 Å². The largest absolute Gasteiger partial charge is 0.355 e. The number of rotatable bonds is 5. The predicted molar refractivity (Wildman–Crippen MR) is 104 cm³/mol. The van der Waals surface area contributed by atoms with Crippen molar-refractivity contribution in [3.63, 3.8) is 0 Å². The van der Waals surface area contributed by atoms with Crippen LogP contribution in [0.15, 0.2) is 4.99 Å². The summed E-state index contributed by atoms with van der Waals surface area (Å²) in [6.45, 7) is 0.683. The average molecular weight is 355 g/mol. The van der Waals surface area contributed by atoms with Crippen LogP contribution in [0, 0.1) is 5.41 Å². The topological polar surface area (TPSA) is 56.7 Å². The van der Waals surface area contributed by atoms with Crippen LogP contribution >= 0.6 is 11.8 Å². The minimum absolute atomic E-state index is 0.253. The van der Waals surface area contributed by atoms with E-state index in [0.29, 0.717) is 12.6 Å². The molecule has 2 aliphatic carbocycles. The Balaban J connectivity index is 1.91. The standard InChI is InChI=1S/C18H34N4OS/c1-19-17(21-14-8-7-9-15(12-14)24-4)20-13-18(10-5-6-11-18)16(23)22(2)3/h14-15H,5-13H2,1-4H3,(H2,19,20,21). The van der Waals surface area contributed by atoms with Gasteiger partial charge in [-0.3, -0.25) is 9.79 Å². The fraction of sp³-hybridized carbons (Fsp3) is 0.889. The summed E-state index contributed by atoms with van der Waals surface area (Å²) in [4.78, 5) is 18.8. The van der Waals surface area contributed by atoms with Gasteiger partial charge >= 0.3 is 0 Å². The van der Waals surface area contributed by atoms with Crippen molar-refractivity contribution < 1.29 is 4.79 Å². The molecule has 5 nitrogen and oxygen atoms in total. The van der Waals surface area contributed by atoms with Crippen LogP contribution in [-0.2, 0) is 4.79 Å². The molecule has 0 heterocycles. The minimum Gasteiger partial charge on any atom is -0.355 e. The lowest BCUT2D eigenvalue weighted by molar-refractivity contribution is -0.138. The van der Waals surface area contributed by atoms with Crippen molar-refractivity contribution in [3.8, 4) is 0 Å². The Kier molecular flexibility index (Phi) is 7.26. The molecule has 6 heteroatoms. The lowest BCUT2D eigenvalue weighted by Gasteiger charge is -2.33. The number of carbonyl (C=O) groups is 1. The molecular formula is C18H34N4OS. The lowest BCUT2D eigenvalue weighted by Crippen LogP contribution is -2.51. The van der Waals surface area contributed by atoms with Crippen molar-refractivity contribution in [2.24, 2.45) is 10.4 Å². The van der Waals surface area contributed by atoms with Crippen LogP contribution < -0.4 is 10.6 Å². The Bertz CT molecular complexity index is 446. The van der Waals surface area contributed by atoms with E-state index in [1.54, 1.807) is 4.90 Å². The maximum Gasteiger partial charge on any atom is 0.230 e. The molecule has 0 radical (unpaired) electrons. The maximum atomic E-state index is 12.7. The van der Waals surface area contributed by atoms with Gasteiger partial charge in [-0.1, -0.05) is 19.3 Å². The number of hydrogen-bond donors (Lipinski definition) is 2. The summed E-state index contributed by atoms with van der Waals surface area (Å²) in [5.41, 5.74) is -0.254. The number of hydrogen-bond acceptors (Lipinski definition) is 3. The van der Waals surface area contributed by atoms with Crippen LogP contribution in [-0.4, -0.2) is 62.0 Å². The zero-order chi connectivity index (χ0) is 17.6. The van der Waals surface area contributed by atoms with Gasteiger partial charge < -0.3 is 15.5 Å². The molecule has 2 saturated carbocycles. The van der Waals surface area contributed by atoms with E-state index in [9.17, 15) is 4.79 Å². The van der Waals surface area contributed by atoms with Gasteiger partial charge in [-0.25, -0.2) is 0 Å². The number of amides is 1. The first-order chi connectivity index (χ1) is 11.5. The molecule has 138 valence electrons. The van der Waals surface area contributed by atoms with Gasteiger partial charge in [0, 0.05) is 39.0 Å². The van der Waals surface area contributed by atoms with Crippen LogP contribution in [0.1, 0.15) is 51.4 Å². The third kappa shape index (κ3) is 4.80. The van der Waals surface area contributed by atoms with Crippen LogP contribution in [0.2, 0.25) is 0 Å². The fourth-order valence-corrected chi connectivity index (χ4v) is 4.95. The van der Waals surface area contributed by atoms with E-state index in [1.165, 1.54) is 25.7 Å². The van der Waals surface area contributed by atoms with Crippen molar-refractivity contribution >= 4 is 23.6 Å². The third-order valence-electron chi connectivity index (χ3n) is 5.54. The minimum atomic E-state index is -0.254. The number of nitrogens with one attached hydrogen (secondary N) is 2. The highest BCUT2D eigenvalue weighted by molar-refractivity contribution is 7.99. The first-order valence-corrected chi connectivity index (χ1v) is 10.5. The van der Waals surface area contributed by atoms with Gasteiger partial charge in [-0.2, -0.15) is 11.8 Å². The molecule has 2 N–H and O–H groups in total. The van der Waals surface area contributed by atoms with E-state index in [0.717, 1.165) is 36.9 Å². The zero-order valence-corrected chi connectivity index (χ0v) is 16.5. The summed E-state index contributed by atoms with van der Waals surface area (Å²) in [6.07, 6.45) is 11.5. The summed E-state index contributed by atoms with van der Waals surface area (Å²) in [6, 6.07) is 0.492. The quantitative estimate of drug-likeness (QED) is 0.588. The number of aliphatic imine (C=N–C) groups is 1. The summed E-state index contributed by atoms with van der Waals surface area (Å²) < 4.78 is 0. The van der Waals surface area contributed by atoms with E-state index in [4.69, 9.17) is 0 Å². The van der Waals surface area contributed by atoms with Crippen molar-refractivity contribution in [2.45, 2.75) is 62.7 Å². The second-order valence-electron chi connectivity index (χ2n) is 7.48. The van der Waals surface area contributed by atoms with Crippen LogP contribution in [0.3, 0.4) is 0 Å². The molecule has 0 aromatic carbocycles. The molecule has 0 aromatic rings. The van der Waals surface area contributed by atoms with Gasteiger partial charge in [-0.05, 0) is 38.4 Å². The molecule has 0 bridgehead atoms. The first-order valence-electron chi connectivity index (χ1n) is 9.22. The first kappa shape index (κ1) is 19.4. The van der Waals surface area contributed by atoms with Crippen molar-refractivity contribution in [3.05, 3.63) is 0 Å². The molecule has 0 aromatic heterocycles. The van der Waals surface area contributed by atoms with Crippen LogP contribution in [0.25, 0.3) is 0 Å². The van der Waals surface area contributed by atoms with E-state index in [2.05, 4.69) is 21.9 Å². The second-order valence-corrected chi connectivity index (χ2v) is 8.62. The van der Waals surface area contributed by atoms with Crippen LogP contribution in [0.5, 0.6) is 0 Å². The SMILES string of the molecule is CN=C(NCC1(C(=O)N(C)C)CCCC1)NC1CCCC(SC)C1. The normalized spacial score (nSPS) is 26.9. The number of thioether (sulfide) groups is 1. The second kappa shape index (κ2) is 8.97. The van der Waals surface area contributed by atoms with Gasteiger partial charge in [0.05, 0.1) is 5.41 Å². The highest BCUT2D eigenvalue weighted by Crippen LogP contribution is 2.39. The molecule has 0 saturated heterocycles. The summed E-state index contributed by atoms with van der Waals surface area (Å²) in [5, 5.41) is 7.79. The molecule has 2 fully saturated rings. The highest BCUT2D eigenvalue weighted by Gasteiger charge is 2.42. The third-order valence-corrected chi connectivity index (χ3v) is 6.63. The highest BCUT2D eigenvalue weighted by atomic mass is 32.2. The summed E-state index contributed by atoms with van der Waals surface area (Å²) in [7, 11) is 5.54. The zero-order valence-electron chi connectivity index (χ0n) is 15.7. The van der Waals surface area contributed by atoms with E-state index < -0.39 is 0 Å². The number of guanidine groups is 1. The monoisotopic (exact) mass is 354 g/mol. The van der Waals surface area contributed by atoms with E-state index >= 15 is 0 Å². The summed E-state index contributed by atoms with van der Waals surface area (Å²) in [5.74, 6) is 1.10. The van der Waals surface area contributed by atoms with Crippen LogP contribution in [0.4, 0.5) is 0 Å². The number of carbonyl (C=O) groups excluding carboxylic acids is 1. The van der Waals surface area contributed by atoms with Gasteiger partial charge in [0.25, 0.3) is 0 Å². The molecule has 24 heavy (non-hydrogen) atoms. The molecule has 1 amide bonds. The smallest absolute Gasteiger partial charge is 0.230 e. The molecule has 0 aliphatic heterocycles. The Morgan fingerprint density at radius 1 is 1.25 bits per heavy atom. The number of nitrogens with zero attached hydrogens (tertiary/aromatic N) is 2. The molecule has 2 unspecified atom stereocenters. The Hall–Kier alpha value is -0.910. The Labute approximate surface area is 151 Å². The Morgan fingerprint density at radius 3 is 2.54 bits per heavy atom. The van der Waals surface area contributed by atoms with E-state index in [-0.39, 0.29) is 11.3 Å². The molecule has 2 aliphatic rings. The molecule has 2 atom stereocenters. The van der Waals surface area contributed by atoms with Crippen molar-refractivity contribution in [1.82, 2.24) is 15.5 Å². The fourth-order valence-electron chi connectivity index (χ4n) is 4.12. The lowest BCUT2D eigenvalue weighted by atomic mass is 9.84. The molecular weight excluding hydrogens is 320 g/mol. The van der Waals surface area contributed by atoms with Gasteiger partial charge in [-0.15, -0.1) is 0 Å². The van der Waals surface area contributed by atoms with E-state index in [1.807, 2.05) is 32.9 Å². The van der Waals surface area contributed by atoms with Gasteiger partial charge in [0.2, 0.25) is 5.91 Å². The van der Waals surface area contributed by atoms with Gasteiger partial charge in [0.1, 0.15) is 0 Å². The van der Waals surface area contributed by atoms with Crippen molar-refractivity contribution in [2.75, 3.05) is 33.9 Å². The maximum absolute atomic E-state index is 12.7. The van der Waals surface area contributed by atoms with Gasteiger partial charge in [0.15, 0.2) is 5.96 Å². The molecule has 2 rings (SSSR count).